The third-order valence-corrected chi connectivity index (χ3v) is 2.98. The Morgan fingerprint density at radius 1 is 1.00 bits per heavy atom. The summed E-state index contributed by atoms with van der Waals surface area (Å²) in [6, 6.07) is 16.4. The van der Waals surface area contributed by atoms with Gasteiger partial charge in [-0.25, -0.2) is 0 Å². The number of methoxy groups -OCH3 is 1. The molecule has 0 saturated carbocycles. The monoisotopic (exact) mass is 242 g/mol. The van der Waals surface area contributed by atoms with Crippen LogP contribution in [0, 0.1) is 0 Å². The van der Waals surface area contributed by atoms with Crippen LogP contribution in [0.25, 0.3) is 0 Å². The van der Waals surface area contributed by atoms with E-state index in [-0.39, 0.29) is 6.61 Å². The molecule has 0 atom stereocenters. The molecule has 0 aromatic heterocycles. The fraction of sp³-hybridized carbons (Fsp3) is 0.250. The second kappa shape index (κ2) is 6.22. The van der Waals surface area contributed by atoms with Crippen molar-refractivity contribution in [3.63, 3.8) is 0 Å². The lowest BCUT2D eigenvalue weighted by Crippen LogP contribution is -1.97. The zero-order valence-electron chi connectivity index (χ0n) is 10.6. The Labute approximate surface area is 108 Å². The van der Waals surface area contributed by atoms with Crippen molar-refractivity contribution in [3.8, 4) is 5.75 Å². The summed E-state index contributed by atoms with van der Waals surface area (Å²) in [4.78, 5) is 0. The second-order valence-corrected chi connectivity index (χ2v) is 4.28. The van der Waals surface area contributed by atoms with E-state index in [4.69, 9.17) is 9.84 Å². The maximum Gasteiger partial charge on any atom is 0.122 e. The molecule has 0 heterocycles. The van der Waals surface area contributed by atoms with Crippen molar-refractivity contribution >= 4 is 0 Å². The van der Waals surface area contributed by atoms with Gasteiger partial charge in [0.2, 0.25) is 0 Å². The minimum Gasteiger partial charge on any atom is -0.496 e. The van der Waals surface area contributed by atoms with Gasteiger partial charge in [0.1, 0.15) is 5.75 Å². The first kappa shape index (κ1) is 12.7. The van der Waals surface area contributed by atoms with Gasteiger partial charge >= 0.3 is 0 Å². The van der Waals surface area contributed by atoms with Gasteiger partial charge in [-0.3, -0.25) is 0 Å². The summed E-state index contributed by atoms with van der Waals surface area (Å²) >= 11 is 0. The second-order valence-electron chi connectivity index (χ2n) is 4.28. The van der Waals surface area contributed by atoms with Crippen LogP contribution in [-0.4, -0.2) is 18.8 Å². The molecule has 2 aromatic carbocycles. The van der Waals surface area contributed by atoms with Crippen LogP contribution >= 0.6 is 0 Å². The zero-order chi connectivity index (χ0) is 12.8. The molecular weight excluding hydrogens is 224 g/mol. The van der Waals surface area contributed by atoms with E-state index in [0.29, 0.717) is 6.42 Å². The van der Waals surface area contributed by atoms with Gasteiger partial charge in [-0.15, -0.1) is 0 Å². The highest BCUT2D eigenvalue weighted by Crippen LogP contribution is 2.23. The summed E-state index contributed by atoms with van der Waals surface area (Å²) in [5, 5.41) is 9.00. The predicted octanol–water partition coefficient (Wildman–Crippen LogP) is 2.82. The lowest BCUT2D eigenvalue weighted by atomic mass is 10.0. The lowest BCUT2D eigenvalue weighted by molar-refractivity contribution is 0.299. The molecule has 94 valence electrons. The zero-order valence-corrected chi connectivity index (χ0v) is 10.6. The molecule has 0 amide bonds. The average Bonchev–Trinajstić information content (AvgIpc) is 2.41. The van der Waals surface area contributed by atoms with Gasteiger partial charge in [0.25, 0.3) is 0 Å². The van der Waals surface area contributed by atoms with Crippen molar-refractivity contribution in [1.82, 2.24) is 0 Å². The fourth-order valence-corrected chi connectivity index (χ4v) is 2.07. The summed E-state index contributed by atoms with van der Waals surface area (Å²) < 4.78 is 5.39. The maximum absolute atomic E-state index is 9.00. The molecule has 0 saturated heterocycles. The topological polar surface area (TPSA) is 29.5 Å². The fourth-order valence-electron chi connectivity index (χ4n) is 2.07. The lowest BCUT2D eigenvalue weighted by Gasteiger charge is -2.10. The third kappa shape index (κ3) is 3.11. The van der Waals surface area contributed by atoms with Crippen LogP contribution in [0.3, 0.4) is 0 Å². The Bertz CT molecular complexity index is 492. The van der Waals surface area contributed by atoms with E-state index in [9.17, 15) is 0 Å². The maximum atomic E-state index is 9.00. The molecule has 18 heavy (non-hydrogen) atoms. The van der Waals surface area contributed by atoms with Crippen LogP contribution in [0.4, 0.5) is 0 Å². The van der Waals surface area contributed by atoms with Gasteiger partial charge < -0.3 is 9.84 Å². The summed E-state index contributed by atoms with van der Waals surface area (Å²) in [5.41, 5.74) is 3.57. The number of ether oxygens (including phenoxy) is 1. The van der Waals surface area contributed by atoms with Crippen molar-refractivity contribution in [3.05, 3.63) is 65.2 Å². The predicted molar refractivity (Wildman–Crippen MR) is 73.0 cm³/mol. The van der Waals surface area contributed by atoms with E-state index < -0.39 is 0 Å². The van der Waals surface area contributed by atoms with Crippen molar-refractivity contribution in [2.75, 3.05) is 13.7 Å². The molecular formula is C16H18O2. The number of aliphatic hydroxyl groups excluding tert-OH is 1. The molecule has 0 bridgehead atoms. The molecule has 1 N–H and O–H groups in total. The molecule has 0 aliphatic carbocycles. The SMILES string of the molecule is COc1ccc(CCO)cc1Cc1ccccc1. The molecule has 0 unspecified atom stereocenters. The molecule has 0 aliphatic heterocycles. The molecule has 2 nitrogen and oxygen atoms in total. The average molecular weight is 242 g/mol. The van der Waals surface area contributed by atoms with Crippen LogP contribution in [0.15, 0.2) is 48.5 Å². The van der Waals surface area contributed by atoms with Gasteiger partial charge in [-0.2, -0.15) is 0 Å². The summed E-state index contributed by atoms with van der Waals surface area (Å²) in [5.74, 6) is 0.903. The van der Waals surface area contributed by atoms with Crippen LogP contribution < -0.4 is 4.74 Å². The number of benzene rings is 2. The first-order valence-corrected chi connectivity index (χ1v) is 6.14. The van der Waals surface area contributed by atoms with E-state index in [1.807, 2.05) is 30.3 Å². The molecule has 2 heteroatoms. The van der Waals surface area contributed by atoms with Crippen LogP contribution in [0.1, 0.15) is 16.7 Å². The summed E-state index contributed by atoms with van der Waals surface area (Å²) in [6.45, 7) is 0.178. The van der Waals surface area contributed by atoms with E-state index in [0.717, 1.165) is 23.3 Å². The number of aliphatic hydroxyl groups is 1. The Hall–Kier alpha value is -1.80. The van der Waals surface area contributed by atoms with Crippen molar-refractivity contribution in [1.29, 1.82) is 0 Å². The number of hydrogen-bond acceptors (Lipinski definition) is 2. The van der Waals surface area contributed by atoms with Gasteiger partial charge in [0.15, 0.2) is 0 Å². The molecule has 0 spiro atoms. The molecule has 0 radical (unpaired) electrons. The first-order chi connectivity index (χ1) is 8.83. The summed E-state index contributed by atoms with van der Waals surface area (Å²) in [6.07, 6.45) is 1.54. The van der Waals surface area contributed by atoms with Gasteiger partial charge in [0.05, 0.1) is 7.11 Å². The van der Waals surface area contributed by atoms with Crippen molar-refractivity contribution < 1.29 is 9.84 Å². The third-order valence-electron chi connectivity index (χ3n) is 2.98. The Morgan fingerprint density at radius 2 is 1.78 bits per heavy atom. The van der Waals surface area contributed by atoms with E-state index >= 15 is 0 Å². The molecule has 0 aliphatic rings. The Morgan fingerprint density at radius 3 is 2.44 bits per heavy atom. The van der Waals surface area contributed by atoms with Crippen molar-refractivity contribution in [2.45, 2.75) is 12.8 Å². The standard InChI is InChI=1S/C16H18O2/c1-18-16-8-7-14(9-10-17)12-15(16)11-13-5-3-2-4-6-13/h2-8,12,17H,9-11H2,1H3. The van der Waals surface area contributed by atoms with E-state index in [1.165, 1.54) is 5.56 Å². The van der Waals surface area contributed by atoms with Crippen LogP contribution in [0.2, 0.25) is 0 Å². The molecule has 0 fully saturated rings. The largest absolute Gasteiger partial charge is 0.496 e. The quantitative estimate of drug-likeness (QED) is 0.873. The molecule has 2 rings (SSSR count). The van der Waals surface area contributed by atoms with Crippen LogP contribution in [-0.2, 0) is 12.8 Å². The Balaban J connectivity index is 2.26. The van der Waals surface area contributed by atoms with Gasteiger partial charge in [-0.1, -0.05) is 42.5 Å². The minimum absolute atomic E-state index is 0.178. The van der Waals surface area contributed by atoms with Crippen molar-refractivity contribution in [2.24, 2.45) is 0 Å². The van der Waals surface area contributed by atoms with E-state index in [1.54, 1.807) is 7.11 Å². The highest BCUT2D eigenvalue weighted by Gasteiger charge is 2.05. The normalized spacial score (nSPS) is 10.3. The number of hydrogen-bond donors (Lipinski definition) is 1. The minimum atomic E-state index is 0.178. The summed E-state index contributed by atoms with van der Waals surface area (Å²) in [7, 11) is 1.69. The smallest absolute Gasteiger partial charge is 0.122 e. The Kier molecular flexibility index (Phi) is 4.37. The highest BCUT2D eigenvalue weighted by atomic mass is 16.5. The van der Waals surface area contributed by atoms with Crippen LogP contribution in [0.5, 0.6) is 5.75 Å². The van der Waals surface area contributed by atoms with Gasteiger partial charge in [0, 0.05) is 13.0 Å². The first-order valence-electron chi connectivity index (χ1n) is 6.14. The highest BCUT2D eigenvalue weighted by molar-refractivity contribution is 5.40. The van der Waals surface area contributed by atoms with Gasteiger partial charge in [-0.05, 0) is 29.2 Å². The van der Waals surface area contributed by atoms with E-state index in [2.05, 4.69) is 18.2 Å². The number of rotatable bonds is 5. The molecule has 2 aromatic rings.